The van der Waals surface area contributed by atoms with Crippen LogP contribution in [0.4, 0.5) is 0 Å². The zero-order chi connectivity index (χ0) is 22.6. The minimum atomic E-state index is -0.402. The molecular weight excluding hydrogens is 402 g/mol. The Kier molecular flexibility index (Phi) is 8.99. The summed E-state index contributed by atoms with van der Waals surface area (Å²) >= 11 is 0. The van der Waals surface area contributed by atoms with Gasteiger partial charge in [-0.1, -0.05) is 49.4 Å². The van der Waals surface area contributed by atoms with E-state index in [0.717, 1.165) is 54.1 Å². The molecule has 1 amide bonds. The lowest BCUT2D eigenvalue weighted by Gasteiger charge is -2.13. The molecule has 5 heteroatoms. The molecular formula is C27H31NO4. The van der Waals surface area contributed by atoms with Gasteiger partial charge in [-0.25, -0.2) is 0 Å². The number of carbonyl (C=O) groups excluding carboxylic acids is 1. The second-order valence-corrected chi connectivity index (χ2v) is 7.52. The van der Waals surface area contributed by atoms with Gasteiger partial charge in [0.05, 0.1) is 13.2 Å². The van der Waals surface area contributed by atoms with E-state index in [2.05, 4.69) is 0 Å². The summed E-state index contributed by atoms with van der Waals surface area (Å²) in [6.45, 7) is 3.75. The van der Waals surface area contributed by atoms with Crippen molar-refractivity contribution < 1.29 is 19.0 Å². The Hall–Kier alpha value is -3.47. The summed E-state index contributed by atoms with van der Waals surface area (Å²) in [4.78, 5) is 11.4. The van der Waals surface area contributed by atoms with Gasteiger partial charge in [0.25, 0.3) is 0 Å². The number of para-hydroxylation sites is 2. The Bertz CT molecular complexity index is 988. The predicted molar refractivity (Wildman–Crippen MR) is 126 cm³/mol. The van der Waals surface area contributed by atoms with E-state index in [1.165, 1.54) is 0 Å². The largest absolute Gasteiger partial charge is 0.494 e. The second kappa shape index (κ2) is 12.4. The molecule has 0 saturated heterocycles. The second-order valence-electron chi connectivity index (χ2n) is 7.52. The number of amides is 1. The first-order valence-electron chi connectivity index (χ1n) is 11.1. The Morgan fingerprint density at radius 3 is 2.12 bits per heavy atom. The third-order valence-corrected chi connectivity index (χ3v) is 5.12. The summed E-state index contributed by atoms with van der Waals surface area (Å²) < 4.78 is 17.7. The molecule has 0 aliphatic rings. The molecule has 3 aromatic carbocycles. The first kappa shape index (κ1) is 23.2. The fourth-order valence-electron chi connectivity index (χ4n) is 3.37. The third-order valence-electron chi connectivity index (χ3n) is 5.12. The average molecular weight is 434 g/mol. The van der Waals surface area contributed by atoms with Gasteiger partial charge < -0.3 is 19.9 Å². The number of benzene rings is 3. The van der Waals surface area contributed by atoms with Gasteiger partial charge in [-0.2, -0.15) is 0 Å². The number of primary amides is 1. The first-order chi connectivity index (χ1) is 15.7. The fraction of sp³-hybridized carbons (Fsp3) is 0.296. The molecule has 0 fully saturated rings. The van der Waals surface area contributed by atoms with Gasteiger partial charge in [-0.15, -0.1) is 0 Å². The first-order valence-corrected chi connectivity index (χ1v) is 11.1. The Morgan fingerprint density at radius 2 is 1.44 bits per heavy atom. The van der Waals surface area contributed by atoms with Gasteiger partial charge in [0, 0.05) is 5.56 Å². The Morgan fingerprint density at radius 1 is 0.781 bits per heavy atom. The van der Waals surface area contributed by atoms with E-state index in [-0.39, 0.29) is 0 Å². The molecule has 0 spiro atoms. The maximum Gasteiger partial charge on any atom is 0.248 e. The SMILES string of the molecule is CCc1cc(OCCCCCOc2ccccc2OCc2ccccc2)ccc1C(N)=O. The van der Waals surface area contributed by atoms with Crippen molar-refractivity contribution in [3.8, 4) is 17.2 Å². The molecule has 0 heterocycles. The summed E-state index contributed by atoms with van der Waals surface area (Å²) in [7, 11) is 0. The monoisotopic (exact) mass is 433 g/mol. The molecule has 0 bridgehead atoms. The van der Waals surface area contributed by atoms with Gasteiger partial charge in [-0.3, -0.25) is 4.79 Å². The number of unbranched alkanes of at least 4 members (excludes halogenated alkanes) is 2. The number of carbonyl (C=O) groups is 1. The molecule has 168 valence electrons. The van der Waals surface area contributed by atoms with Crippen LogP contribution < -0.4 is 19.9 Å². The maximum atomic E-state index is 11.4. The molecule has 2 N–H and O–H groups in total. The van der Waals surface area contributed by atoms with Crippen LogP contribution in [0.5, 0.6) is 17.2 Å². The minimum absolute atomic E-state index is 0.402. The van der Waals surface area contributed by atoms with Crippen LogP contribution in [0.1, 0.15) is 47.7 Å². The van der Waals surface area contributed by atoms with Crippen molar-refractivity contribution in [2.45, 2.75) is 39.2 Å². The van der Waals surface area contributed by atoms with E-state index < -0.39 is 5.91 Å². The lowest BCUT2D eigenvalue weighted by Crippen LogP contribution is -2.13. The molecule has 0 aliphatic carbocycles. The molecule has 3 rings (SSSR count). The van der Waals surface area contributed by atoms with E-state index in [9.17, 15) is 4.79 Å². The molecule has 0 aromatic heterocycles. The van der Waals surface area contributed by atoms with Crippen molar-refractivity contribution in [3.63, 3.8) is 0 Å². The molecule has 0 radical (unpaired) electrons. The van der Waals surface area contributed by atoms with Crippen molar-refractivity contribution >= 4 is 5.91 Å². The average Bonchev–Trinajstić information content (AvgIpc) is 2.83. The Balaban J connectivity index is 1.36. The molecule has 32 heavy (non-hydrogen) atoms. The van der Waals surface area contributed by atoms with Crippen LogP contribution in [0.25, 0.3) is 0 Å². The molecule has 0 unspecified atom stereocenters. The lowest BCUT2D eigenvalue weighted by atomic mass is 10.0. The number of hydrogen-bond acceptors (Lipinski definition) is 4. The van der Waals surface area contributed by atoms with Gasteiger partial charge >= 0.3 is 0 Å². The highest BCUT2D eigenvalue weighted by Crippen LogP contribution is 2.27. The van der Waals surface area contributed by atoms with Gasteiger partial charge in [0.1, 0.15) is 12.4 Å². The Labute approximate surface area is 190 Å². The summed E-state index contributed by atoms with van der Waals surface area (Å²) in [5.74, 6) is 1.89. The molecule has 0 aliphatic heterocycles. The number of hydrogen-bond donors (Lipinski definition) is 1. The van der Waals surface area contributed by atoms with Crippen molar-refractivity contribution in [3.05, 3.63) is 89.5 Å². The van der Waals surface area contributed by atoms with E-state index in [4.69, 9.17) is 19.9 Å². The topological polar surface area (TPSA) is 70.8 Å². The van der Waals surface area contributed by atoms with E-state index in [0.29, 0.717) is 25.4 Å². The highest BCUT2D eigenvalue weighted by Gasteiger charge is 2.08. The number of ether oxygens (including phenoxy) is 3. The highest BCUT2D eigenvalue weighted by atomic mass is 16.5. The molecule has 0 saturated carbocycles. The quantitative estimate of drug-likeness (QED) is 0.359. The number of nitrogens with two attached hydrogens (primary N) is 1. The maximum absolute atomic E-state index is 11.4. The van der Waals surface area contributed by atoms with Crippen LogP contribution in [-0.4, -0.2) is 19.1 Å². The van der Waals surface area contributed by atoms with Crippen LogP contribution >= 0.6 is 0 Å². The summed E-state index contributed by atoms with van der Waals surface area (Å²) in [6.07, 6.45) is 3.59. The van der Waals surface area contributed by atoms with Crippen LogP contribution in [0.2, 0.25) is 0 Å². The summed E-state index contributed by atoms with van der Waals surface area (Å²) in [5, 5.41) is 0. The fourth-order valence-corrected chi connectivity index (χ4v) is 3.37. The van der Waals surface area contributed by atoms with Gasteiger partial charge in [-0.05, 0) is 67.1 Å². The smallest absolute Gasteiger partial charge is 0.248 e. The van der Waals surface area contributed by atoms with Gasteiger partial charge in [0.2, 0.25) is 5.91 Å². The van der Waals surface area contributed by atoms with Crippen molar-refractivity contribution in [2.24, 2.45) is 5.73 Å². The number of aryl methyl sites for hydroxylation is 1. The van der Waals surface area contributed by atoms with Crippen molar-refractivity contribution in [1.82, 2.24) is 0 Å². The third kappa shape index (κ3) is 7.05. The van der Waals surface area contributed by atoms with Crippen molar-refractivity contribution in [2.75, 3.05) is 13.2 Å². The normalized spacial score (nSPS) is 10.5. The van der Waals surface area contributed by atoms with Crippen LogP contribution in [-0.2, 0) is 13.0 Å². The van der Waals surface area contributed by atoms with Crippen LogP contribution in [0, 0.1) is 0 Å². The highest BCUT2D eigenvalue weighted by molar-refractivity contribution is 5.94. The minimum Gasteiger partial charge on any atom is -0.494 e. The van der Waals surface area contributed by atoms with E-state index in [1.807, 2.05) is 67.6 Å². The van der Waals surface area contributed by atoms with Gasteiger partial charge in [0.15, 0.2) is 11.5 Å². The molecule has 0 atom stereocenters. The number of rotatable bonds is 13. The van der Waals surface area contributed by atoms with Crippen LogP contribution in [0.15, 0.2) is 72.8 Å². The van der Waals surface area contributed by atoms with E-state index in [1.54, 1.807) is 12.1 Å². The predicted octanol–water partition coefficient (Wildman–Crippen LogP) is 5.56. The van der Waals surface area contributed by atoms with E-state index >= 15 is 0 Å². The van der Waals surface area contributed by atoms with Crippen molar-refractivity contribution in [1.29, 1.82) is 0 Å². The standard InChI is InChI=1S/C27H31NO4/c1-2-22-19-23(15-16-24(22)27(28)29)30-17-9-4-10-18-31-25-13-7-8-14-26(25)32-20-21-11-5-3-6-12-21/h3,5-8,11-16,19H,2,4,9-10,17-18,20H2,1H3,(H2,28,29). The molecule has 5 nitrogen and oxygen atoms in total. The lowest BCUT2D eigenvalue weighted by molar-refractivity contribution is 0.0999. The molecule has 3 aromatic rings. The summed E-state index contributed by atoms with van der Waals surface area (Å²) in [5.41, 5.74) is 8.00. The zero-order valence-corrected chi connectivity index (χ0v) is 18.6. The summed E-state index contributed by atoms with van der Waals surface area (Å²) in [6, 6.07) is 23.3. The zero-order valence-electron chi connectivity index (χ0n) is 18.6. The van der Waals surface area contributed by atoms with Crippen LogP contribution in [0.3, 0.4) is 0 Å².